The summed E-state index contributed by atoms with van der Waals surface area (Å²) in [7, 11) is -3.70. The number of likely N-dealkylation sites (tertiary alicyclic amines) is 1. The molecule has 1 fully saturated rings. The molecule has 1 aliphatic rings. The fourth-order valence-corrected chi connectivity index (χ4v) is 4.45. The van der Waals surface area contributed by atoms with E-state index in [0.717, 1.165) is 31.5 Å². The maximum atomic E-state index is 11.9. The number of nitrogens with one attached hydrogen (secondary N) is 1. The number of sulfone groups is 1. The predicted molar refractivity (Wildman–Crippen MR) is 109 cm³/mol. The summed E-state index contributed by atoms with van der Waals surface area (Å²) in [5, 5.41) is 14.6. The third-order valence-electron chi connectivity index (χ3n) is 5.01. The van der Waals surface area contributed by atoms with E-state index < -0.39 is 20.4 Å². The van der Waals surface area contributed by atoms with E-state index in [4.69, 9.17) is 0 Å². The summed E-state index contributed by atoms with van der Waals surface area (Å²) in [4.78, 5) is 13.0. The van der Waals surface area contributed by atoms with E-state index in [0.29, 0.717) is 6.54 Å². The monoisotopic (exact) mass is 403 g/mol. The van der Waals surface area contributed by atoms with Gasteiger partial charge in [0.15, 0.2) is 9.84 Å². The number of rotatable bonds is 7. The summed E-state index contributed by atoms with van der Waals surface area (Å²) in [6.07, 6.45) is 4.68. The van der Waals surface area contributed by atoms with Crippen molar-refractivity contribution < 1.29 is 13.3 Å². The third kappa shape index (κ3) is 4.88. The molecule has 150 valence electrons. The number of nitro benzene ring substituents is 1. The number of hydrogen-bond donors (Lipinski definition) is 1. The molecule has 1 heterocycles. The maximum Gasteiger partial charge on any atom is 0.310 e. The molecule has 0 saturated carbocycles. The smallest absolute Gasteiger partial charge is 0.310 e. The van der Waals surface area contributed by atoms with Crippen LogP contribution in [-0.4, -0.2) is 37.6 Å². The number of piperidine rings is 1. The molecule has 3 rings (SSSR count). The average molecular weight is 404 g/mol. The molecule has 7 nitrogen and oxygen atoms in total. The van der Waals surface area contributed by atoms with Crippen LogP contribution in [0, 0.1) is 10.1 Å². The van der Waals surface area contributed by atoms with E-state index in [-0.39, 0.29) is 10.6 Å². The summed E-state index contributed by atoms with van der Waals surface area (Å²) in [6.45, 7) is 3.41. The SMILES string of the molecule is CS(=O)(=O)c1cccc(NCc2ccccc2CN2CCCCC2)c1[N+](=O)[O-]. The van der Waals surface area contributed by atoms with Crippen LogP contribution >= 0.6 is 0 Å². The molecule has 0 spiro atoms. The van der Waals surface area contributed by atoms with Gasteiger partial charge in [-0.1, -0.05) is 36.8 Å². The molecule has 1 N–H and O–H groups in total. The molecule has 2 aromatic carbocycles. The van der Waals surface area contributed by atoms with Crippen LogP contribution in [0.1, 0.15) is 30.4 Å². The van der Waals surface area contributed by atoms with Gasteiger partial charge in [0.2, 0.25) is 0 Å². The zero-order chi connectivity index (χ0) is 20.1. The van der Waals surface area contributed by atoms with Crippen LogP contribution in [0.4, 0.5) is 11.4 Å². The maximum absolute atomic E-state index is 11.9. The first-order valence-corrected chi connectivity index (χ1v) is 11.3. The second-order valence-electron chi connectivity index (χ2n) is 7.14. The molecule has 1 saturated heterocycles. The van der Waals surface area contributed by atoms with Gasteiger partial charge in [0.1, 0.15) is 10.6 Å². The molecule has 0 amide bonds. The minimum absolute atomic E-state index is 0.209. The second kappa shape index (κ2) is 8.70. The van der Waals surface area contributed by atoms with Crippen molar-refractivity contribution in [3.63, 3.8) is 0 Å². The molecule has 0 bridgehead atoms. The lowest BCUT2D eigenvalue weighted by atomic mass is 10.0. The Balaban J connectivity index is 1.82. The number of para-hydroxylation sites is 1. The van der Waals surface area contributed by atoms with Gasteiger partial charge in [-0.15, -0.1) is 0 Å². The van der Waals surface area contributed by atoms with Gasteiger partial charge in [0.05, 0.1) is 4.92 Å². The van der Waals surface area contributed by atoms with Gasteiger partial charge < -0.3 is 5.32 Å². The molecule has 0 unspecified atom stereocenters. The van der Waals surface area contributed by atoms with Crippen LogP contribution in [0.15, 0.2) is 47.4 Å². The quantitative estimate of drug-likeness (QED) is 0.561. The van der Waals surface area contributed by atoms with Crippen molar-refractivity contribution in [1.29, 1.82) is 0 Å². The molecular weight excluding hydrogens is 378 g/mol. The van der Waals surface area contributed by atoms with E-state index in [1.54, 1.807) is 6.07 Å². The van der Waals surface area contributed by atoms with Gasteiger partial charge >= 0.3 is 5.69 Å². The Bertz CT molecular complexity index is 954. The van der Waals surface area contributed by atoms with Crippen LogP contribution in [0.3, 0.4) is 0 Å². The zero-order valence-corrected chi connectivity index (χ0v) is 16.7. The van der Waals surface area contributed by atoms with Crippen molar-refractivity contribution in [2.45, 2.75) is 37.2 Å². The van der Waals surface area contributed by atoms with Gasteiger partial charge in [-0.25, -0.2) is 8.42 Å². The number of nitrogens with zero attached hydrogens (tertiary/aromatic N) is 2. The van der Waals surface area contributed by atoms with Crippen molar-refractivity contribution in [2.75, 3.05) is 24.7 Å². The molecule has 2 aromatic rings. The number of nitro groups is 1. The van der Waals surface area contributed by atoms with Crippen LogP contribution < -0.4 is 5.32 Å². The third-order valence-corrected chi connectivity index (χ3v) is 6.14. The highest BCUT2D eigenvalue weighted by molar-refractivity contribution is 7.90. The lowest BCUT2D eigenvalue weighted by Gasteiger charge is -2.27. The first-order chi connectivity index (χ1) is 13.4. The zero-order valence-electron chi connectivity index (χ0n) is 15.9. The number of benzene rings is 2. The van der Waals surface area contributed by atoms with E-state index >= 15 is 0 Å². The first kappa shape index (κ1) is 20.3. The van der Waals surface area contributed by atoms with E-state index in [2.05, 4.69) is 16.3 Å². The largest absolute Gasteiger partial charge is 0.375 e. The van der Waals surface area contributed by atoms with Crippen LogP contribution in [0.5, 0.6) is 0 Å². The predicted octanol–water partition coefficient (Wildman–Crippen LogP) is 3.60. The Morgan fingerprint density at radius 1 is 1.04 bits per heavy atom. The standard InChI is InChI=1S/C20H25N3O4S/c1-28(26,27)19-11-7-10-18(20(19)23(24)25)21-14-16-8-3-4-9-17(16)15-22-12-5-2-6-13-22/h3-4,7-11,21H,2,5-6,12-15H2,1H3. The fourth-order valence-electron chi connectivity index (χ4n) is 3.59. The summed E-state index contributed by atoms with van der Waals surface area (Å²) >= 11 is 0. The molecular formula is C20H25N3O4S. The topological polar surface area (TPSA) is 92.6 Å². The van der Waals surface area contributed by atoms with Crippen molar-refractivity contribution in [2.24, 2.45) is 0 Å². The van der Waals surface area contributed by atoms with E-state index in [9.17, 15) is 18.5 Å². The Morgan fingerprint density at radius 2 is 1.71 bits per heavy atom. The summed E-state index contributed by atoms with van der Waals surface area (Å²) in [6, 6.07) is 12.3. The highest BCUT2D eigenvalue weighted by atomic mass is 32.2. The van der Waals surface area contributed by atoms with E-state index in [1.807, 2.05) is 18.2 Å². The van der Waals surface area contributed by atoms with Gasteiger partial charge in [-0.3, -0.25) is 15.0 Å². The molecule has 8 heteroatoms. The fraction of sp³-hybridized carbons (Fsp3) is 0.400. The average Bonchev–Trinajstić information content (AvgIpc) is 2.67. The Labute approximate surface area is 165 Å². The number of hydrogen-bond acceptors (Lipinski definition) is 6. The number of anilines is 1. The van der Waals surface area contributed by atoms with Gasteiger partial charge in [0.25, 0.3) is 0 Å². The molecule has 0 aromatic heterocycles. The summed E-state index contributed by atoms with van der Waals surface area (Å²) in [5.74, 6) is 0. The van der Waals surface area contributed by atoms with Gasteiger partial charge in [0, 0.05) is 19.3 Å². The lowest BCUT2D eigenvalue weighted by molar-refractivity contribution is -0.386. The molecule has 1 aliphatic heterocycles. The summed E-state index contributed by atoms with van der Waals surface area (Å²) < 4.78 is 23.8. The highest BCUT2D eigenvalue weighted by Gasteiger charge is 2.26. The van der Waals surface area contributed by atoms with Crippen LogP contribution in [0.2, 0.25) is 0 Å². The minimum atomic E-state index is -3.70. The van der Waals surface area contributed by atoms with Gasteiger partial charge in [-0.2, -0.15) is 0 Å². The van der Waals surface area contributed by atoms with Crippen molar-refractivity contribution in [3.8, 4) is 0 Å². The van der Waals surface area contributed by atoms with Crippen LogP contribution in [0.25, 0.3) is 0 Å². The Morgan fingerprint density at radius 3 is 2.36 bits per heavy atom. The first-order valence-electron chi connectivity index (χ1n) is 9.37. The second-order valence-corrected chi connectivity index (χ2v) is 9.12. The highest BCUT2D eigenvalue weighted by Crippen LogP contribution is 2.32. The molecule has 0 atom stereocenters. The van der Waals surface area contributed by atoms with Crippen molar-refractivity contribution in [1.82, 2.24) is 4.90 Å². The normalized spacial score (nSPS) is 15.3. The van der Waals surface area contributed by atoms with Gasteiger partial charge in [-0.05, 0) is 49.2 Å². The van der Waals surface area contributed by atoms with E-state index in [1.165, 1.54) is 37.0 Å². The van der Waals surface area contributed by atoms with Crippen molar-refractivity contribution in [3.05, 3.63) is 63.7 Å². The lowest BCUT2D eigenvalue weighted by Crippen LogP contribution is -2.29. The summed E-state index contributed by atoms with van der Waals surface area (Å²) in [5.41, 5.74) is 2.03. The van der Waals surface area contributed by atoms with Crippen LogP contribution in [-0.2, 0) is 22.9 Å². The van der Waals surface area contributed by atoms with Crippen molar-refractivity contribution >= 4 is 21.2 Å². The Hall–Kier alpha value is -2.45. The molecule has 28 heavy (non-hydrogen) atoms. The molecule has 0 radical (unpaired) electrons. The molecule has 0 aliphatic carbocycles. The minimum Gasteiger partial charge on any atom is -0.375 e. The Kier molecular flexibility index (Phi) is 6.31.